The second-order valence-electron chi connectivity index (χ2n) is 4.47. The molecule has 0 aliphatic carbocycles. The van der Waals surface area contributed by atoms with Gasteiger partial charge in [-0.1, -0.05) is 30.3 Å². The first-order chi connectivity index (χ1) is 9.69. The smallest absolute Gasteiger partial charge is 0.218 e. The summed E-state index contributed by atoms with van der Waals surface area (Å²) in [4.78, 5) is 8.53. The summed E-state index contributed by atoms with van der Waals surface area (Å²) in [5.41, 5.74) is 7.23. The Balaban J connectivity index is 2.00. The van der Waals surface area contributed by atoms with Crippen LogP contribution in [-0.2, 0) is 0 Å². The van der Waals surface area contributed by atoms with Crippen molar-refractivity contribution in [1.29, 1.82) is 0 Å². The van der Waals surface area contributed by atoms with E-state index in [4.69, 9.17) is 10.5 Å². The first-order valence-corrected chi connectivity index (χ1v) is 6.72. The van der Waals surface area contributed by atoms with Gasteiger partial charge in [0.25, 0.3) is 0 Å². The number of nitrogens with zero attached hydrogens (tertiary/aromatic N) is 2. The molecule has 0 radical (unpaired) electrons. The van der Waals surface area contributed by atoms with Crippen molar-refractivity contribution in [3.63, 3.8) is 0 Å². The lowest BCUT2D eigenvalue weighted by Gasteiger charge is -2.14. The van der Waals surface area contributed by atoms with Crippen LogP contribution in [-0.4, -0.2) is 23.1 Å². The summed E-state index contributed by atoms with van der Waals surface area (Å²) in [6.45, 7) is 4.95. The fourth-order valence-electron chi connectivity index (χ4n) is 1.89. The maximum absolute atomic E-state index is 6.14. The van der Waals surface area contributed by atoms with Gasteiger partial charge in [0.05, 0.1) is 6.61 Å². The maximum atomic E-state index is 6.14. The van der Waals surface area contributed by atoms with E-state index in [0.717, 1.165) is 11.4 Å². The standard InChI is InChI=1S/C15H20N4O/c1-3-20-15-9-14(18-11(2)19-15)17-10-13(16)12-7-5-4-6-8-12/h4-9,13H,3,10,16H2,1-2H3,(H,17,18,19). The summed E-state index contributed by atoms with van der Waals surface area (Å²) in [7, 11) is 0. The van der Waals surface area contributed by atoms with E-state index in [0.29, 0.717) is 24.9 Å². The van der Waals surface area contributed by atoms with E-state index in [9.17, 15) is 0 Å². The van der Waals surface area contributed by atoms with Gasteiger partial charge in [0.2, 0.25) is 5.88 Å². The lowest BCUT2D eigenvalue weighted by molar-refractivity contribution is 0.325. The summed E-state index contributed by atoms with van der Waals surface area (Å²) in [6.07, 6.45) is 0. The van der Waals surface area contributed by atoms with Crippen molar-refractivity contribution in [3.8, 4) is 5.88 Å². The van der Waals surface area contributed by atoms with Gasteiger partial charge >= 0.3 is 0 Å². The number of aromatic nitrogens is 2. The Morgan fingerprint density at radius 2 is 2.00 bits per heavy atom. The zero-order valence-corrected chi connectivity index (χ0v) is 11.8. The second-order valence-corrected chi connectivity index (χ2v) is 4.47. The Labute approximate surface area is 119 Å². The Morgan fingerprint density at radius 3 is 2.70 bits per heavy atom. The van der Waals surface area contributed by atoms with E-state index >= 15 is 0 Å². The van der Waals surface area contributed by atoms with Crippen molar-refractivity contribution >= 4 is 5.82 Å². The minimum atomic E-state index is -0.0815. The fraction of sp³-hybridized carbons (Fsp3) is 0.333. The normalized spacial score (nSPS) is 11.9. The summed E-state index contributed by atoms with van der Waals surface area (Å²) < 4.78 is 5.40. The summed E-state index contributed by atoms with van der Waals surface area (Å²) >= 11 is 0. The van der Waals surface area contributed by atoms with Crippen LogP contribution < -0.4 is 15.8 Å². The first kappa shape index (κ1) is 14.3. The van der Waals surface area contributed by atoms with E-state index in [1.165, 1.54) is 0 Å². The molecule has 1 atom stereocenters. The topological polar surface area (TPSA) is 73.1 Å². The number of nitrogens with two attached hydrogens (primary N) is 1. The van der Waals surface area contributed by atoms with Gasteiger partial charge < -0.3 is 15.8 Å². The molecule has 0 saturated heterocycles. The number of nitrogens with one attached hydrogen (secondary N) is 1. The zero-order chi connectivity index (χ0) is 14.4. The van der Waals surface area contributed by atoms with Gasteiger partial charge in [-0.05, 0) is 19.4 Å². The van der Waals surface area contributed by atoms with Crippen LogP contribution >= 0.6 is 0 Å². The number of anilines is 1. The SMILES string of the molecule is CCOc1cc(NCC(N)c2ccccc2)nc(C)n1. The van der Waals surface area contributed by atoms with Gasteiger partial charge in [0.15, 0.2) is 0 Å². The molecule has 1 aromatic carbocycles. The lowest BCUT2D eigenvalue weighted by Crippen LogP contribution is -2.21. The Morgan fingerprint density at radius 1 is 1.25 bits per heavy atom. The second kappa shape index (κ2) is 6.86. The van der Waals surface area contributed by atoms with Crippen LogP contribution in [0.3, 0.4) is 0 Å². The van der Waals surface area contributed by atoms with Gasteiger partial charge in [-0.25, -0.2) is 4.98 Å². The molecule has 1 unspecified atom stereocenters. The molecule has 1 aromatic heterocycles. The highest BCUT2D eigenvalue weighted by atomic mass is 16.5. The number of hydrogen-bond acceptors (Lipinski definition) is 5. The third-order valence-electron chi connectivity index (χ3n) is 2.84. The highest BCUT2D eigenvalue weighted by Gasteiger charge is 2.07. The third-order valence-corrected chi connectivity index (χ3v) is 2.84. The Hall–Kier alpha value is -2.14. The van der Waals surface area contributed by atoms with Crippen molar-refractivity contribution in [3.05, 3.63) is 47.8 Å². The molecule has 0 bridgehead atoms. The predicted molar refractivity (Wildman–Crippen MR) is 79.8 cm³/mol. The van der Waals surface area contributed by atoms with Crippen molar-refractivity contribution in [1.82, 2.24) is 9.97 Å². The molecule has 0 saturated carbocycles. The molecule has 3 N–H and O–H groups in total. The average molecular weight is 272 g/mol. The van der Waals surface area contributed by atoms with E-state index in [1.807, 2.05) is 44.2 Å². The summed E-state index contributed by atoms with van der Waals surface area (Å²) in [6, 6.07) is 11.7. The molecule has 2 rings (SSSR count). The Kier molecular flexibility index (Phi) is 4.90. The first-order valence-electron chi connectivity index (χ1n) is 6.72. The van der Waals surface area contributed by atoms with Crippen LogP contribution in [0.25, 0.3) is 0 Å². The highest BCUT2D eigenvalue weighted by Crippen LogP contribution is 2.15. The van der Waals surface area contributed by atoms with Crippen LogP contribution in [0.1, 0.15) is 24.4 Å². The van der Waals surface area contributed by atoms with E-state index < -0.39 is 0 Å². The molecule has 0 aliphatic heterocycles. The number of ether oxygens (including phenoxy) is 1. The van der Waals surface area contributed by atoms with Crippen molar-refractivity contribution in [2.45, 2.75) is 19.9 Å². The number of rotatable bonds is 6. The van der Waals surface area contributed by atoms with Gasteiger partial charge in [-0.2, -0.15) is 4.98 Å². The van der Waals surface area contributed by atoms with Crippen LogP contribution in [0.4, 0.5) is 5.82 Å². The Bertz CT molecular complexity index is 545. The molecule has 5 nitrogen and oxygen atoms in total. The monoisotopic (exact) mass is 272 g/mol. The molecule has 2 aromatic rings. The maximum Gasteiger partial charge on any atom is 0.218 e. The van der Waals surface area contributed by atoms with Crippen LogP contribution in [0.15, 0.2) is 36.4 Å². The lowest BCUT2D eigenvalue weighted by atomic mass is 10.1. The van der Waals surface area contributed by atoms with E-state index in [2.05, 4.69) is 15.3 Å². The van der Waals surface area contributed by atoms with Gasteiger partial charge in [-0.15, -0.1) is 0 Å². The molecule has 1 heterocycles. The highest BCUT2D eigenvalue weighted by molar-refractivity contribution is 5.39. The predicted octanol–water partition coefficient (Wildman–Crippen LogP) is 2.30. The van der Waals surface area contributed by atoms with Crippen molar-refractivity contribution in [2.24, 2.45) is 5.73 Å². The average Bonchev–Trinajstić information content (AvgIpc) is 2.45. The van der Waals surface area contributed by atoms with Crippen LogP contribution in [0.2, 0.25) is 0 Å². The van der Waals surface area contributed by atoms with Gasteiger partial charge in [0.1, 0.15) is 11.6 Å². The summed E-state index contributed by atoms with van der Waals surface area (Å²) in [5.74, 6) is 1.98. The van der Waals surface area contributed by atoms with Gasteiger partial charge in [-0.3, -0.25) is 0 Å². The molecule has 0 aliphatic rings. The molecule has 106 valence electrons. The van der Waals surface area contributed by atoms with Crippen LogP contribution in [0, 0.1) is 6.92 Å². The number of aryl methyl sites for hydroxylation is 1. The van der Waals surface area contributed by atoms with Gasteiger partial charge in [0, 0.05) is 18.7 Å². The van der Waals surface area contributed by atoms with Crippen molar-refractivity contribution in [2.75, 3.05) is 18.5 Å². The molecule has 0 fully saturated rings. The molecule has 0 spiro atoms. The molecule has 0 amide bonds. The third kappa shape index (κ3) is 3.93. The van der Waals surface area contributed by atoms with E-state index in [-0.39, 0.29) is 6.04 Å². The minimum Gasteiger partial charge on any atom is -0.478 e. The largest absolute Gasteiger partial charge is 0.478 e. The van der Waals surface area contributed by atoms with Crippen LogP contribution in [0.5, 0.6) is 5.88 Å². The quantitative estimate of drug-likeness (QED) is 0.844. The minimum absolute atomic E-state index is 0.0815. The van der Waals surface area contributed by atoms with E-state index in [1.54, 1.807) is 6.07 Å². The fourth-order valence-corrected chi connectivity index (χ4v) is 1.89. The zero-order valence-electron chi connectivity index (χ0n) is 11.8. The van der Waals surface area contributed by atoms with Crippen molar-refractivity contribution < 1.29 is 4.74 Å². The number of benzene rings is 1. The molecular formula is C15H20N4O. The molecule has 5 heteroatoms. The molecular weight excluding hydrogens is 252 g/mol. The summed E-state index contributed by atoms with van der Waals surface area (Å²) in [5, 5.41) is 3.23. The molecule has 20 heavy (non-hydrogen) atoms. The number of hydrogen-bond donors (Lipinski definition) is 2.